The summed E-state index contributed by atoms with van der Waals surface area (Å²) in [4.78, 5) is 12.2. The standard InChI is InChI=1S/C14H14N2O/c1-3-11-10-15-16(14(17)13(11)4-2)12-8-6-5-7-9-12/h3-10H,1-2H3. The Kier molecular flexibility index (Phi) is 3.19. The monoisotopic (exact) mass is 226 g/mol. The summed E-state index contributed by atoms with van der Waals surface area (Å²) in [5.74, 6) is 0. The predicted molar refractivity (Wildman–Crippen MR) is 69.4 cm³/mol. The lowest BCUT2D eigenvalue weighted by Gasteiger charge is -2.03. The molecule has 17 heavy (non-hydrogen) atoms. The van der Waals surface area contributed by atoms with Gasteiger partial charge in [-0.15, -0.1) is 0 Å². The molecular weight excluding hydrogens is 212 g/mol. The van der Waals surface area contributed by atoms with E-state index in [0.29, 0.717) is 5.22 Å². The minimum atomic E-state index is -0.0886. The molecule has 2 aromatic rings. The SMILES string of the molecule is CC=c1cnn(-c2ccccc2)c(=O)c1=CC. The van der Waals surface area contributed by atoms with Gasteiger partial charge in [0.25, 0.3) is 5.56 Å². The van der Waals surface area contributed by atoms with Crippen LogP contribution in [0.1, 0.15) is 13.8 Å². The molecule has 86 valence electrons. The van der Waals surface area contributed by atoms with Crippen LogP contribution in [0.5, 0.6) is 0 Å². The molecule has 0 aliphatic carbocycles. The van der Waals surface area contributed by atoms with Gasteiger partial charge in [0.05, 0.1) is 11.9 Å². The third-order valence-electron chi connectivity index (χ3n) is 2.65. The van der Waals surface area contributed by atoms with Crippen molar-refractivity contribution in [2.75, 3.05) is 0 Å². The molecule has 1 aromatic heterocycles. The molecule has 2 rings (SSSR count). The zero-order chi connectivity index (χ0) is 12.3. The average molecular weight is 226 g/mol. The van der Waals surface area contributed by atoms with Gasteiger partial charge in [-0.1, -0.05) is 30.4 Å². The molecule has 0 aliphatic heterocycles. The Bertz CT molecular complexity index is 684. The van der Waals surface area contributed by atoms with Gasteiger partial charge in [-0.3, -0.25) is 4.79 Å². The summed E-state index contributed by atoms with van der Waals surface area (Å²) in [5.41, 5.74) is 0.692. The highest BCUT2D eigenvalue weighted by atomic mass is 16.1. The lowest BCUT2D eigenvalue weighted by Crippen LogP contribution is -2.45. The van der Waals surface area contributed by atoms with Gasteiger partial charge in [-0.25, -0.2) is 0 Å². The summed E-state index contributed by atoms with van der Waals surface area (Å²) < 4.78 is 1.42. The topological polar surface area (TPSA) is 34.9 Å². The van der Waals surface area contributed by atoms with Gasteiger partial charge in [0, 0.05) is 10.4 Å². The van der Waals surface area contributed by atoms with Gasteiger partial charge in [0.1, 0.15) is 0 Å². The van der Waals surface area contributed by atoms with E-state index in [2.05, 4.69) is 5.10 Å². The van der Waals surface area contributed by atoms with E-state index in [0.717, 1.165) is 10.9 Å². The Balaban J connectivity index is 2.81. The van der Waals surface area contributed by atoms with Crippen LogP contribution in [-0.2, 0) is 0 Å². The number of para-hydroxylation sites is 1. The molecule has 0 spiro atoms. The van der Waals surface area contributed by atoms with Gasteiger partial charge in [0.2, 0.25) is 0 Å². The third kappa shape index (κ3) is 2.04. The minimum Gasteiger partial charge on any atom is -0.267 e. The number of nitrogens with zero attached hydrogens (tertiary/aromatic N) is 2. The normalized spacial score (nSPS) is 13.1. The highest BCUT2D eigenvalue weighted by molar-refractivity contribution is 5.32. The van der Waals surface area contributed by atoms with Crippen LogP contribution in [0.2, 0.25) is 0 Å². The van der Waals surface area contributed by atoms with Gasteiger partial charge >= 0.3 is 0 Å². The molecule has 0 N–H and O–H groups in total. The Morgan fingerprint density at radius 2 is 1.82 bits per heavy atom. The Labute approximate surface area is 99.3 Å². The lowest BCUT2D eigenvalue weighted by molar-refractivity contribution is 0.792. The molecule has 0 amide bonds. The highest BCUT2D eigenvalue weighted by Gasteiger charge is 2.01. The first-order chi connectivity index (χ1) is 8.27. The fraction of sp³-hybridized carbons (Fsp3) is 0.143. The van der Waals surface area contributed by atoms with Crippen LogP contribution in [0.25, 0.3) is 17.8 Å². The number of hydrogen-bond acceptors (Lipinski definition) is 2. The Hall–Kier alpha value is -2.16. The zero-order valence-corrected chi connectivity index (χ0v) is 9.92. The molecule has 3 heteroatoms. The van der Waals surface area contributed by atoms with Gasteiger partial charge < -0.3 is 0 Å². The first-order valence-electron chi connectivity index (χ1n) is 5.54. The Morgan fingerprint density at radius 1 is 1.12 bits per heavy atom. The smallest absolute Gasteiger partial charge is 0.267 e. The third-order valence-corrected chi connectivity index (χ3v) is 2.65. The first-order valence-corrected chi connectivity index (χ1v) is 5.54. The van der Waals surface area contributed by atoms with E-state index in [1.165, 1.54) is 4.68 Å². The number of rotatable bonds is 1. The van der Waals surface area contributed by atoms with E-state index in [9.17, 15) is 4.79 Å². The molecular formula is C14H14N2O. The van der Waals surface area contributed by atoms with Gasteiger partial charge in [-0.2, -0.15) is 9.78 Å². The molecule has 1 heterocycles. The zero-order valence-electron chi connectivity index (χ0n) is 9.92. The van der Waals surface area contributed by atoms with Crippen molar-refractivity contribution >= 4 is 12.2 Å². The van der Waals surface area contributed by atoms with Crippen molar-refractivity contribution in [3.63, 3.8) is 0 Å². The maximum absolute atomic E-state index is 12.2. The molecule has 0 bridgehead atoms. The molecule has 0 unspecified atom stereocenters. The van der Waals surface area contributed by atoms with Crippen LogP contribution < -0.4 is 16.0 Å². The molecule has 0 fully saturated rings. The highest BCUT2D eigenvalue weighted by Crippen LogP contribution is 1.99. The van der Waals surface area contributed by atoms with E-state index in [-0.39, 0.29) is 5.56 Å². The summed E-state index contributed by atoms with van der Waals surface area (Å²) in [7, 11) is 0. The first kappa shape index (κ1) is 11.3. The summed E-state index contributed by atoms with van der Waals surface area (Å²) in [6.07, 6.45) is 5.42. The van der Waals surface area contributed by atoms with E-state index < -0.39 is 0 Å². The van der Waals surface area contributed by atoms with Crippen molar-refractivity contribution in [2.45, 2.75) is 13.8 Å². The van der Waals surface area contributed by atoms with Crippen LogP contribution >= 0.6 is 0 Å². The Morgan fingerprint density at radius 3 is 2.41 bits per heavy atom. The van der Waals surface area contributed by atoms with Crippen LogP contribution in [0.4, 0.5) is 0 Å². The molecule has 3 nitrogen and oxygen atoms in total. The number of hydrogen-bond donors (Lipinski definition) is 0. The molecule has 0 saturated heterocycles. The summed E-state index contributed by atoms with van der Waals surface area (Å²) >= 11 is 0. The van der Waals surface area contributed by atoms with Crippen LogP contribution in [-0.4, -0.2) is 9.78 Å². The van der Waals surface area contributed by atoms with E-state index in [1.807, 2.05) is 56.3 Å². The maximum Gasteiger partial charge on any atom is 0.279 e. The molecule has 0 aliphatic rings. The second kappa shape index (κ2) is 4.78. The van der Waals surface area contributed by atoms with Crippen LogP contribution in [0, 0.1) is 0 Å². The van der Waals surface area contributed by atoms with Crippen molar-refractivity contribution in [2.24, 2.45) is 0 Å². The van der Waals surface area contributed by atoms with E-state index >= 15 is 0 Å². The second-order valence-electron chi connectivity index (χ2n) is 3.64. The van der Waals surface area contributed by atoms with Crippen LogP contribution in [0.15, 0.2) is 41.3 Å². The van der Waals surface area contributed by atoms with E-state index in [4.69, 9.17) is 0 Å². The van der Waals surface area contributed by atoms with Crippen LogP contribution in [0.3, 0.4) is 0 Å². The molecule has 0 radical (unpaired) electrons. The van der Waals surface area contributed by atoms with Gasteiger partial charge in [-0.05, 0) is 26.0 Å². The second-order valence-corrected chi connectivity index (χ2v) is 3.64. The summed E-state index contributed by atoms with van der Waals surface area (Å²) in [5, 5.41) is 5.73. The maximum atomic E-state index is 12.2. The minimum absolute atomic E-state index is 0.0886. The molecule has 0 saturated carbocycles. The summed E-state index contributed by atoms with van der Waals surface area (Å²) in [6, 6.07) is 9.42. The number of benzene rings is 1. The lowest BCUT2D eigenvalue weighted by atomic mass is 10.3. The van der Waals surface area contributed by atoms with E-state index in [1.54, 1.807) is 6.20 Å². The van der Waals surface area contributed by atoms with Gasteiger partial charge in [0.15, 0.2) is 0 Å². The van der Waals surface area contributed by atoms with Crippen molar-refractivity contribution < 1.29 is 0 Å². The quantitative estimate of drug-likeness (QED) is 0.722. The largest absolute Gasteiger partial charge is 0.279 e. The van der Waals surface area contributed by atoms with Crippen molar-refractivity contribution in [1.82, 2.24) is 9.78 Å². The van der Waals surface area contributed by atoms with Crippen molar-refractivity contribution in [3.05, 3.63) is 57.3 Å². The predicted octanol–water partition coefficient (Wildman–Crippen LogP) is 0.833. The fourth-order valence-corrected chi connectivity index (χ4v) is 1.75. The number of aromatic nitrogens is 2. The van der Waals surface area contributed by atoms with Crippen molar-refractivity contribution in [1.29, 1.82) is 0 Å². The fourth-order valence-electron chi connectivity index (χ4n) is 1.75. The molecule has 0 atom stereocenters. The average Bonchev–Trinajstić information content (AvgIpc) is 2.39. The molecule has 1 aromatic carbocycles. The summed E-state index contributed by atoms with van der Waals surface area (Å²) in [6.45, 7) is 3.76. The van der Waals surface area contributed by atoms with Crippen molar-refractivity contribution in [3.8, 4) is 5.69 Å².